The van der Waals surface area contributed by atoms with Crippen molar-refractivity contribution in [2.45, 2.75) is 69.4 Å². The predicted molar refractivity (Wildman–Crippen MR) is 196 cm³/mol. The molecule has 2 fully saturated rings. The van der Waals surface area contributed by atoms with Gasteiger partial charge in [-0.05, 0) is 81.8 Å². The van der Waals surface area contributed by atoms with Crippen molar-refractivity contribution in [1.82, 2.24) is 29.7 Å². The van der Waals surface area contributed by atoms with Crippen molar-refractivity contribution in [2.75, 3.05) is 27.2 Å². The lowest BCUT2D eigenvalue weighted by atomic mass is 9.95. The Labute approximate surface area is 319 Å². The molecule has 2 unspecified atom stereocenters. The second kappa shape index (κ2) is 15.1. The Morgan fingerprint density at radius 2 is 1.23 bits per heavy atom. The number of halogens is 6. The summed E-state index contributed by atoms with van der Waals surface area (Å²) in [5, 5.41) is 0. The molecule has 2 N–H and O–H groups in total. The van der Waals surface area contributed by atoms with Crippen LogP contribution in [0.1, 0.15) is 66.3 Å². The third-order valence-electron chi connectivity index (χ3n) is 9.98. The van der Waals surface area contributed by atoms with E-state index in [9.17, 15) is 35.9 Å². The zero-order chi connectivity index (χ0) is 40.6. The van der Waals surface area contributed by atoms with Gasteiger partial charge in [-0.25, -0.2) is 19.9 Å². The van der Waals surface area contributed by atoms with Crippen LogP contribution in [0.2, 0.25) is 0 Å². The first kappa shape index (κ1) is 40.0. The number of hydrogen-bond donors (Lipinski definition) is 1. The zero-order valence-electron chi connectivity index (χ0n) is 31.0. The number of aryl methyl sites for hydroxylation is 2. The summed E-state index contributed by atoms with van der Waals surface area (Å²) in [7, 11) is 3.47. The average molecular weight is 777 g/mol. The Kier molecular flexibility index (Phi) is 10.8. The van der Waals surface area contributed by atoms with Gasteiger partial charge in [0.15, 0.2) is 5.82 Å². The topological polar surface area (TPSA) is 131 Å². The number of carbonyl (C=O) groups excluding carboxylic acids is 2. The molecule has 56 heavy (non-hydrogen) atoms. The quantitative estimate of drug-likeness (QED) is 0.187. The average Bonchev–Trinajstić information content (AvgIpc) is 3.79. The minimum absolute atomic E-state index is 0.0260. The van der Waals surface area contributed by atoms with E-state index in [-0.39, 0.29) is 24.1 Å². The van der Waals surface area contributed by atoms with Crippen molar-refractivity contribution in [3.05, 3.63) is 94.8 Å². The third-order valence-corrected chi connectivity index (χ3v) is 9.98. The smallest absolute Gasteiger partial charge is 0.344 e. The number of rotatable bonds is 4. The van der Waals surface area contributed by atoms with E-state index in [1.165, 1.54) is 24.3 Å². The van der Waals surface area contributed by atoms with Gasteiger partial charge in [-0.1, -0.05) is 30.2 Å². The number of hydrogen-bond acceptors (Lipinski definition) is 8. The molecule has 7 rings (SSSR count). The molecule has 2 amide bonds. The first-order valence-corrected chi connectivity index (χ1v) is 17.7. The summed E-state index contributed by atoms with van der Waals surface area (Å²) < 4.78 is 76.5. The molecule has 0 radical (unpaired) electrons. The first-order chi connectivity index (χ1) is 26.3. The normalized spacial score (nSPS) is 20.9. The molecule has 2 saturated heterocycles. The minimum Gasteiger partial charge on any atom is -0.344 e. The largest absolute Gasteiger partial charge is 0.416 e. The van der Waals surface area contributed by atoms with Gasteiger partial charge in [0, 0.05) is 56.1 Å². The fourth-order valence-electron chi connectivity index (χ4n) is 6.79. The highest BCUT2D eigenvalue weighted by molar-refractivity contribution is 6.04. The number of nitrogens with two attached hydrogens (primary N) is 1. The molecule has 5 heterocycles. The Hall–Kier alpha value is -5.69. The number of likely N-dealkylation sites (N-methyl/N-ethyl adjacent to an activating group) is 2. The van der Waals surface area contributed by atoms with E-state index in [0.717, 1.165) is 24.3 Å². The summed E-state index contributed by atoms with van der Waals surface area (Å²) in [6.45, 7) is 4.83. The number of amides is 2. The Balaban J connectivity index is 0.000000190. The summed E-state index contributed by atoms with van der Waals surface area (Å²) >= 11 is 0. The molecule has 2 aromatic heterocycles. The number of likely N-dealkylation sites (tertiary alicyclic amines) is 2. The summed E-state index contributed by atoms with van der Waals surface area (Å²) in [6.07, 6.45) is -6.12. The number of aliphatic imine (C=N–C) groups is 1. The second-order valence-electron chi connectivity index (χ2n) is 14.3. The lowest BCUT2D eigenvalue weighted by molar-refractivity contribution is -0.138. The minimum atomic E-state index is -4.39. The van der Waals surface area contributed by atoms with Gasteiger partial charge >= 0.3 is 12.4 Å². The highest BCUT2D eigenvalue weighted by Crippen LogP contribution is 2.37. The molecule has 2 atom stereocenters. The SMILES string of the molecule is Cc1cc(-c2ccc(C(F)(F)F)cc2)nc(C#CCC2(N)CCN(C)C2=O)n1.Cc1cc(-c2ccc(C(F)(F)F)cc2)nc(C2=NC3(CC2)CCN(C)C3=O)n1. The van der Waals surface area contributed by atoms with Crippen LogP contribution in [-0.2, 0) is 21.9 Å². The van der Waals surface area contributed by atoms with Crippen molar-refractivity contribution in [1.29, 1.82) is 0 Å². The van der Waals surface area contributed by atoms with Crippen LogP contribution in [0.3, 0.4) is 0 Å². The highest BCUT2D eigenvalue weighted by atomic mass is 19.4. The van der Waals surface area contributed by atoms with Crippen LogP contribution >= 0.6 is 0 Å². The van der Waals surface area contributed by atoms with E-state index >= 15 is 0 Å². The molecule has 0 bridgehead atoms. The van der Waals surface area contributed by atoms with Gasteiger partial charge < -0.3 is 15.5 Å². The van der Waals surface area contributed by atoms with E-state index < -0.39 is 34.6 Å². The van der Waals surface area contributed by atoms with Crippen molar-refractivity contribution in [3.63, 3.8) is 0 Å². The molecule has 16 heteroatoms. The van der Waals surface area contributed by atoms with Crippen LogP contribution in [0.25, 0.3) is 22.5 Å². The number of benzene rings is 2. The number of nitrogens with zero attached hydrogens (tertiary/aromatic N) is 7. The van der Waals surface area contributed by atoms with Crippen molar-refractivity contribution < 1.29 is 35.9 Å². The molecule has 3 aliphatic heterocycles. The van der Waals surface area contributed by atoms with Crippen LogP contribution < -0.4 is 5.73 Å². The lowest BCUT2D eigenvalue weighted by Gasteiger charge is -2.18. The van der Waals surface area contributed by atoms with Gasteiger partial charge in [-0.3, -0.25) is 14.6 Å². The molecular weight excluding hydrogens is 738 g/mol. The third kappa shape index (κ3) is 8.57. The van der Waals surface area contributed by atoms with Crippen molar-refractivity contribution in [2.24, 2.45) is 10.7 Å². The summed E-state index contributed by atoms with van der Waals surface area (Å²) in [4.78, 5) is 50.0. The first-order valence-electron chi connectivity index (χ1n) is 17.7. The summed E-state index contributed by atoms with van der Waals surface area (Å²) in [6, 6.07) is 13.1. The Morgan fingerprint density at radius 1 is 0.714 bits per heavy atom. The molecule has 0 aliphatic carbocycles. The molecule has 2 aromatic carbocycles. The summed E-state index contributed by atoms with van der Waals surface area (Å²) in [5.74, 6) is 6.25. The Bertz CT molecular complexity index is 2250. The molecule has 1 spiro atoms. The molecule has 292 valence electrons. The van der Waals surface area contributed by atoms with E-state index in [1.807, 2.05) is 0 Å². The monoisotopic (exact) mass is 776 g/mol. The van der Waals surface area contributed by atoms with E-state index in [2.05, 4.69) is 31.8 Å². The van der Waals surface area contributed by atoms with Gasteiger partial charge in [0.25, 0.3) is 0 Å². The van der Waals surface area contributed by atoms with Gasteiger partial charge in [-0.15, -0.1) is 0 Å². The standard InChI is InChI=1S/2C20H19F3N4O/c1-12-11-16(13-3-5-14(6-4-13)20(21,22)23)25-17(24-12)15-7-8-19(26-15)9-10-27(2)18(19)28;1-13-12-16(14-5-7-15(8-6-14)20(21,22)23)26-17(25-13)4-3-9-19(24)10-11-27(2)18(19)28/h3-6,11H,7-10H2,1-2H3;5-8,12H,9-11,24H2,1-2H3. The van der Waals surface area contributed by atoms with Crippen LogP contribution in [0, 0.1) is 25.7 Å². The number of carbonyl (C=O) groups is 2. The fraction of sp³-hybridized carbons (Fsp3) is 0.375. The lowest BCUT2D eigenvalue weighted by Crippen LogP contribution is -2.46. The maximum absolute atomic E-state index is 12.8. The van der Waals surface area contributed by atoms with E-state index in [4.69, 9.17) is 10.7 Å². The maximum atomic E-state index is 12.8. The van der Waals surface area contributed by atoms with Crippen LogP contribution in [0.15, 0.2) is 65.7 Å². The van der Waals surface area contributed by atoms with E-state index in [0.29, 0.717) is 84.2 Å². The molecule has 3 aliphatic rings. The van der Waals surface area contributed by atoms with E-state index in [1.54, 1.807) is 49.9 Å². The van der Waals surface area contributed by atoms with Gasteiger partial charge in [0.1, 0.15) is 11.1 Å². The predicted octanol–water partition coefficient (Wildman–Crippen LogP) is 6.43. The molecule has 4 aromatic rings. The van der Waals surface area contributed by atoms with Crippen molar-refractivity contribution in [3.8, 4) is 34.4 Å². The highest BCUT2D eigenvalue weighted by Gasteiger charge is 2.48. The van der Waals surface area contributed by atoms with Gasteiger partial charge in [0.05, 0.1) is 28.2 Å². The molecule has 0 saturated carbocycles. The fourth-order valence-corrected chi connectivity index (χ4v) is 6.79. The van der Waals surface area contributed by atoms with Crippen molar-refractivity contribution >= 4 is 17.5 Å². The van der Waals surface area contributed by atoms with Crippen LogP contribution in [-0.4, -0.2) is 85.5 Å². The van der Waals surface area contributed by atoms with Gasteiger partial charge in [0.2, 0.25) is 17.6 Å². The summed E-state index contributed by atoms with van der Waals surface area (Å²) in [5.41, 5.74) is 7.13. The second-order valence-corrected chi connectivity index (χ2v) is 14.3. The van der Waals surface area contributed by atoms with Gasteiger partial charge in [-0.2, -0.15) is 26.3 Å². The van der Waals surface area contributed by atoms with Crippen LogP contribution in [0.5, 0.6) is 0 Å². The Morgan fingerprint density at radius 3 is 1.73 bits per heavy atom. The zero-order valence-corrected chi connectivity index (χ0v) is 31.0. The molecule has 10 nitrogen and oxygen atoms in total. The van der Waals surface area contributed by atoms with Crippen LogP contribution in [0.4, 0.5) is 26.3 Å². The maximum Gasteiger partial charge on any atom is 0.416 e. The number of alkyl halides is 6. The number of aromatic nitrogens is 4. The molecular formula is C40H38F6N8O2.